The first-order chi connectivity index (χ1) is 4.68. The average molecular weight is 141 g/mol. The number of nitrogens with one attached hydrogen (secondary N) is 1. The molecule has 2 rings (SSSR count). The van der Waals surface area contributed by atoms with E-state index in [-0.39, 0.29) is 5.41 Å². The fourth-order valence-electron chi connectivity index (χ4n) is 2.47. The van der Waals surface area contributed by atoms with Gasteiger partial charge in [0.25, 0.3) is 0 Å². The van der Waals surface area contributed by atoms with Crippen LogP contribution in [0.3, 0.4) is 0 Å². The number of rotatable bonds is 1. The fourth-order valence-corrected chi connectivity index (χ4v) is 2.47. The molecule has 0 bridgehead atoms. The third kappa shape index (κ3) is 0.722. The van der Waals surface area contributed by atoms with Crippen molar-refractivity contribution < 1.29 is 5.11 Å². The Morgan fingerprint density at radius 3 is 2.40 bits per heavy atom. The zero-order chi connectivity index (χ0) is 7.24. The second kappa shape index (κ2) is 1.74. The second-order valence-electron chi connectivity index (χ2n) is 4.28. The molecule has 2 fully saturated rings. The highest BCUT2D eigenvalue weighted by atomic mass is 16.3. The molecule has 1 aliphatic heterocycles. The number of hydrogen-bond acceptors (Lipinski definition) is 2. The molecule has 0 amide bonds. The van der Waals surface area contributed by atoms with Gasteiger partial charge >= 0.3 is 0 Å². The fraction of sp³-hybridized carbons (Fsp3) is 1.00. The van der Waals surface area contributed by atoms with Gasteiger partial charge in [-0.05, 0) is 31.2 Å². The van der Waals surface area contributed by atoms with Crippen LogP contribution in [0.5, 0.6) is 0 Å². The van der Waals surface area contributed by atoms with E-state index in [1.165, 1.54) is 25.8 Å². The van der Waals surface area contributed by atoms with E-state index in [9.17, 15) is 0 Å². The Hall–Kier alpha value is -0.0800. The Kier molecular flexibility index (Phi) is 1.15. The summed E-state index contributed by atoms with van der Waals surface area (Å²) in [5, 5.41) is 12.4. The van der Waals surface area contributed by atoms with Gasteiger partial charge in [-0.2, -0.15) is 0 Å². The molecule has 58 valence electrons. The number of hydrogen-bond donors (Lipinski definition) is 2. The predicted molar refractivity (Wildman–Crippen MR) is 39.8 cm³/mol. The maximum atomic E-state index is 8.97. The zero-order valence-corrected chi connectivity index (χ0v) is 6.48. The van der Waals surface area contributed by atoms with Gasteiger partial charge in [0.1, 0.15) is 0 Å². The summed E-state index contributed by atoms with van der Waals surface area (Å²) in [7, 11) is 0. The van der Waals surface area contributed by atoms with E-state index in [0.29, 0.717) is 12.1 Å². The van der Waals surface area contributed by atoms with Gasteiger partial charge in [-0.1, -0.05) is 6.92 Å². The summed E-state index contributed by atoms with van der Waals surface area (Å²) in [6.45, 7) is 3.70. The molecule has 0 atom stereocenters. The molecule has 1 aliphatic carbocycles. The van der Waals surface area contributed by atoms with Crippen molar-refractivity contribution in [3.05, 3.63) is 0 Å². The lowest BCUT2D eigenvalue weighted by molar-refractivity contribution is -0.0621. The van der Waals surface area contributed by atoms with Crippen LogP contribution in [0, 0.1) is 5.41 Å². The van der Waals surface area contributed by atoms with E-state index < -0.39 is 0 Å². The standard InChI is InChI=1S/C8H15NO/c1-7(6-10)4-8(5-7)2-3-9-8/h9-10H,2-6H2,1H3. The van der Waals surface area contributed by atoms with Crippen LogP contribution in [0.25, 0.3) is 0 Å². The van der Waals surface area contributed by atoms with E-state index in [0.717, 1.165) is 0 Å². The lowest BCUT2D eigenvalue weighted by Crippen LogP contribution is -2.68. The second-order valence-corrected chi connectivity index (χ2v) is 4.28. The summed E-state index contributed by atoms with van der Waals surface area (Å²) < 4.78 is 0. The van der Waals surface area contributed by atoms with E-state index in [2.05, 4.69) is 12.2 Å². The first-order valence-corrected chi connectivity index (χ1v) is 4.04. The van der Waals surface area contributed by atoms with Gasteiger partial charge in [-0.25, -0.2) is 0 Å². The maximum absolute atomic E-state index is 8.97. The molecular weight excluding hydrogens is 126 g/mol. The summed E-state index contributed by atoms with van der Waals surface area (Å²) in [6, 6.07) is 0. The van der Waals surface area contributed by atoms with Crippen molar-refractivity contribution >= 4 is 0 Å². The van der Waals surface area contributed by atoms with E-state index in [1.807, 2.05) is 0 Å². The molecule has 0 aromatic rings. The van der Waals surface area contributed by atoms with Crippen LogP contribution in [0.4, 0.5) is 0 Å². The molecule has 1 saturated heterocycles. The molecule has 1 spiro atoms. The molecule has 0 aromatic carbocycles. The topological polar surface area (TPSA) is 32.3 Å². The van der Waals surface area contributed by atoms with Crippen LogP contribution < -0.4 is 5.32 Å². The molecule has 1 heterocycles. The van der Waals surface area contributed by atoms with Crippen LogP contribution in [0.15, 0.2) is 0 Å². The Morgan fingerprint density at radius 1 is 1.50 bits per heavy atom. The number of aliphatic hydroxyl groups is 1. The van der Waals surface area contributed by atoms with Crippen molar-refractivity contribution in [2.75, 3.05) is 13.2 Å². The third-order valence-corrected chi connectivity index (χ3v) is 3.02. The van der Waals surface area contributed by atoms with Gasteiger partial charge in [-0.15, -0.1) is 0 Å². The average Bonchev–Trinajstić information content (AvgIpc) is 1.77. The zero-order valence-electron chi connectivity index (χ0n) is 6.48. The molecule has 2 heteroatoms. The molecule has 1 saturated carbocycles. The quantitative estimate of drug-likeness (QED) is 0.557. The van der Waals surface area contributed by atoms with Crippen LogP contribution in [0.2, 0.25) is 0 Å². The van der Waals surface area contributed by atoms with Gasteiger partial charge in [0.05, 0.1) is 0 Å². The molecule has 2 nitrogen and oxygen atoms in total. The van der Waals surface area contributed by atoms with Crippen LogP contribution in [-0.2, 0) is 0 Å². The first-order valence-electron chi connectivity index (χ1n) is 4.04. The summed E-state index contributed by atoms with van der Waals surface area (Å²) >= 11 is 0. The molecule has 2 N–H and O–H groups in total. The van der Waals surface area contributed by atoms with Gasteiger partial charge in [0, 0.05) is 12.1 Å². The van der Waals surface area contributed by atoms with Crippen molar-refractivity contribution in [1.82, 2.24) is 5.32 Å². The summed E-state index contributed by atoms with van der Waals surface area (Å²) in [4.78, 5) is 0. The Labute approximate surface area is 61.6 Å². The lowest BCUT2D eigenvalue weighted by Gasteiger charge is -2.60. The Morgan fingerprint density at radius 2 is 2.10 bits per heavy atom. The van der Waals surface area contributed by atoms with E-state index in [4.69, 9.17) is 5.11 Å². The monoisotopic (exact) mass is 141 g/mol. The van der Waals surface area contributed by atoms with Crippen molar-refractivity contribution in [2.24, 2.45) is 5.41 Å². The molecule has 0 aromatic heterocycles. The lowest BCUT2D eigenvalue weighted by atomic mass is 9.55. The third-order valence-electron chi connectivity index (χ3n) is 3.02. The maximum Gasteiger partial charge on any atom is 0.0486 e. The molecule has 2 aliphatic rings. The van der Waals surface area contributed by atoms with Crippen molar-refractivity contribution in [3.8, 4) is 0 Å². The minimum absolute atomic E-state index is 0.243. The van der Waals surface area contributed by atoms with E-state index in [1.54, 1.807) is 0 Å². The normalized spacial score (nSPS) is 52.2. The molecular formula is C8H15NO. The molecule has 0 radical (unpaired) electrons. The predicted octanol–water partition coefficient (Wildman–Crippen LogP) is 0.511. The Balaban J connectivity index is 1.92. The molecule has 0 unspecified atom stereocenters. The van der Waals surface area contributed by atoms with Gasteiger partial charge in [0.2, 0.25) is 0 Å². The van der Waals surface area contributed by atoms with E-state index >= 15 is 0 Å². The Bertz CT molecular complexity index is 136. The minimum atomic E-state index is 0.243. The first kappa shape index (κ1) is 6.62. The minimum Gasteiger partial charge on any atom is -0.396 e. The summed E-state index contributed by atoms with van der Waals surface area (Å²) in [6.07, 6.45) is 3.68. The van der Waals surface area contributed by atoms with Gasteiger partial charge in [0.15, 0.2) is 0 Å². The van der Waals surface area contributed by atoms with Gasteiger partial charge in [-0.3, -0.25) is 0 Å². The SMILES string of the molecule is CC1(CO)CC2(CCN2)C1. The summed E-state index contributed by atoms with van der Waals surface area (Å²) in [5.74, 6) is 0. The molecule has 10 heavy (non-hydrogen) atoms. The van der Waals surface area contributed by atoms with Crippen molar-refractivity contribution in [2.45, 2.75) is 31.7 Å². The van der Waals surface area contributed by atoms with Crippen molar-refractivity contribution in [3.63, 3.8) is 0 Å². The van der Waals surface area contributed by atoms with Gasteiger partial charge < -0.3 is 10.4 Å². The van der Waals surface area contributed by atoms with Crippen molar-refractivity contribution in [1.29, 1.82) is 0 Å². The highest BCUT2D eigenvalue weighted by Crippen LogP contribution is 2.52. The number of aliphatic hydroxyl groups excluding tert-OH is 1. The van der Waals surface area contributed by atoms with Crippen LogP contribution in [-0.4, -0.2) is 23.8 Å². The van der Waals surface area contributed by atoms with Crippen LogP contribution >= 0.6 is 0 Å². The van der Waals surface area contributed by atoms with Crippen LogP contribution in [0.1, 0.15) is 26.2 Å². The highest BCUT2D eigenvalue weighted by molar-refractivity contribution is 5.11. The smallest absolute Gasteiger partial charge is 0.0486 e. The summed E-state index contributed by atoms with van der Waals surface area (Å²) in [5.41, 5.74) is 0.713. The largest absolute Gasteiger partial charge is 0.396 e. The highest BCUT2D eigenvalue weighted by Gasteiger charge is 2.54.